The van der Waals surface area contributed by atoms with Gasteiger partial charge in [0.1, 0.15) is 18.3 Å². The minimum Gasteiger partial charge on any atom is -0.368 e. The quantitative estimate of drug-likeness (QED) is 0.667. The van der Waals surface area contributed by atoms with Crippen molar-refractivity contribution in [2.75, 3.05) is 14.2 Å². The maximum atomic E-state index is 12.7. The normalized spacial score (nSPS) is 30.3. The molecule has 0 radical (unpaired) electrons. The number of benzene rings is 1. The average Bonchev–Trinajstić information content (AvgIpc) is 3.11. The van der Waals surface area contributed by atoms with E-state index in [0.717, 1.165) is 5.56 Å². The van der Waals surface area contributed by atoms with Gasteiger partial charge in [0.15, 0.2) is 12.1 Å². The van der Waals surface area contributed by atoms with Crippen LogP contribution >= 0.6 is 7.60 Å². The molecule has 0 bridgehead atoms. The molecule has 2 fully saturated rings. The van der Waals surface area contributed by atoms with Crippen LogP contribution in [0.3, 0.4) is 0 Å². The molecule has 2 heterocycles. The first-order valence-corrected chi connectivity index (χ1v) is 9.91. The largest absolute Gasteiger partial charge is 0.368 e. The van der Waals surface area contributed by atoms with Crippen molar-refractivity contribution in [2.45, 2.75) is 50.8 Å². The summed E-state index contributed by atoms with van der Waals surface area (Å²) in [6.07, 6.45) is -2.42. The van der Waals surface area contributed by atoms with Gasteiger partial charge in [0.2, 0.25) is 0 Å². The number of rotatable bonds is 7. The van der Waals surface area contributed by atoms with Crippen LogP contribution in [0.2, 0.25) is 0 Å². The molecule has 0 unspecified atom stereocenters. The summed E-state index contributed by atoms with van der Waals surface area (Å²) >= 11 is 0. The maximum Gasteiger partial charge on any atom is 0.358 e. The van der Waals surface area contributed by atoms with E-state index >= 15 is 0 Å². The van der Waals surface area contributed by atoms with Gasteiger partial charge < -0.3 is 28.0 Å². The molecule has 0 aromatic heterocycles. The molecule has 1 aromatic carbocycles. The molecule has 0 N–H and O–H groups in total. The first-order chi connectivity index (χ1) is 12.3. The van der Waals surface area contributed by atoms with Gasteiger partial charge in [0.05, 0.1) is 11.9 Å². The van der Waals surface area contributed by atoms with Gasteiger partial charge in [-0.1, -0.05) is 36.9 Å². The highest BCUT2D eigenvalue weighted by molar-refractivity contribution is 7.58. The van der Waals surface area contributed by atoms with Gasteiger partial charge in [-0.25, -0.2) is 0 Å². The van der Waals surface area contributed by atoms with Crippen LogP contribution in [-0.4, -0.2) is 44.6 Å². The molecule has 3 rings (SSSR count). The average molecular weight is 384 g/mol. The van der Waals surface area contributed by atoms with Crippen molar-refractivity contribution >= 4 is 7.60 Å². The van der Waals surface area contributed by atoms with Gasteiger partial charge in [-0.3, -0.25) is 4.57 Å². The summed E-state index contributed by atoms with van der Waals surface area (Å²) in [5, 5.41) is 0.181. The zero-order valence-corrected chi connectivity index (χ0v) is 16.3. The lowest BCUT2D eigenvalue weighted by Crippen LogP contribution is -2.37. The monoisotopic (exact) mass is 384 g/mol. The topological polar surface area (TPSA) is 72.5 Å². The van der Waals surface area contributed by atoms with Crippen LogP contribution in [0.4, 0.5) is 0 Å². The SMILES string of the molecule is C=C([C@H]1O[C@@H]2OC(C)(C)O[C@@H]2[C@H]1OCc1ccccc1)P(=O)(OC)OC. The van der Waals surface area contributed by atoms with Crippen molar-refractivity contribution in [3.8, 4) is 0 Å². The van der Waals surface area contributed by atoms with Crippen LogP contribution in [0.1, 0.15) is 19.4 Å². The fourth-order valence-electron chi connectivity index (χ4n) is 3.16. The summed E-state index contributed by atoms with van der Waals surface area (Å²) in [5.74, 6) is -0.789. The molecule has 2 aliphatic rings. The van der Waals surface area contributed by atoms with Crippen molar-refractivity contribution in [1.82, 2.24) is 0 Å². The summed E-state index contributed by atoms with van der Waals surface area (Å²) in [6, 6.07) is 9.73. The first-order valence-electron chi connectivity index (χ1n) is 8.37. The van der Waals surface area contributed by atoms with Crippen LogP contribution in [0, 0.1) is 0 Å². The Morgan fingerprint density at radius 2 is 1.85 bits per heavy atom. The third-order valence-electron chi connectivity index (χ3n) is 4.44. The van der Waals surface area contributed by atoms with Gasteiger partial charge in [0, 0.05) is 14.2 Å². The molecule has 144 valence electrons. The van der Waals surface area contributed by atoms with Gasteiger partial charge in [-0.05, 0) is 19.4 Å². The second-order valence-electron chi connectivity index (χ2n) is 6.64. The second-order valence-corrected chi connectivity index (χ2v) is 8.94. The molecular formula is C18H25O7P. The van der Waals surface area contributed by atoms with Crippen molar-refractivity contribution in [3.05, 3.63) is 47.8 Å². The second kappa shape index (κ2) is 7.52. The lowest BCUT2D eigenvalue weighted by Gasteiger charge is -2.28. The highest BCUT2D eigenvalue weighted by Gasteiger charge is 2.58. The Balaban J connectivity index is 1.81. The number of ether oxygens (including phenoxy) is 4. The van der Waals surface area contributed by atoms with Gasteiger partial charge in [-0.2, -0.15) is 0 Å². The zero-order chi connectivity index (χ0) is 18.9. The molecule has 0 amide bonds. The smallest absolute Gasteiger partial charge is 0.358 e. The van der Waals surface area contributed by atoms with Crippen molar-refractivity contribution in [1.29, 1.82) is 0 Å². The van der Waals surface area contributed by atoms with Gasteiger partial charge >= 0.3 is 7.60 Å². The molecule has 7 nitrogen and oxygen atoms in total. The maximum absolute atomic E-state index is 12.7. The molecule has 2 aliphatic heterocycles. The Labute approximate surface area is 153 Å². The molecule has 8 heteroatoms. The van der Waals surface area contributed by atoms with E-state index in [2.05, 4.69) is 6.58 Å². The van der Waals surface area contributed by atoms with Crippen molar-refractivity contribution < 1.29 is 32.6 Å². The Morgan fingerprint density at radius 1 is 1.19 bits per heavy atom. The fourth-order valence-corrected chi connectivity index (χ4v) is 4.30. The first kappa shape index (κ1) is 19.7. The van der Waals surface area contributed by atoms with Gasteiger partial charge in [0.25, 0.3) is 0 Å². The van der Waals surface area contributed by atoms with Crippen LogP contribution in [0.5, 0.6) is 0 Å². The molecule has 2 saturated heterocycles. The third kappa shape index (κ3) is 3.80. The van der Waals surface area contributed by atoms with E-state index in [1.165, 1.54) is 14.2 Å². The Bertz CT molecular complexity index is 682. The fraction of sp³-hybridized carbons (Fsp3) is 0.556. The van der Waals surface area contributed by atoms with Gasteiger partial charge in [-0.15, -0.1) is 0 Å². The predicted molar refractivity (Wildman–Crippen MR) is 94.5 cm³/mol. The van der Waals surface area contributed by atoms with E-state index in [9.17, 15) is 4.57 Å². The minimum absolute atomic E-state index is 0.181. The van der Waals surface area contributed by atoms with E-state index < -0.39 is 38.0 Å². The molecular weight excluding hydrogens is 359 g/mol. The van der Waals surface area contributed by atoms with Crippen molar-refractivity contribution in [2.24, 2.45) is 0 Å². The van der Waals surface area contributed by atoms with Crippen molar-refractivity contribution in [3.63, 3.8) is 0 Å². The Kier molecular flexibility index (Phi) is 5.70. The Morgan fingerprint density at radius 3 is 2.46 bits per heavy atom. The number of hydrogen-bond donors (Lipinski definition) is 0. The standard InChI is InChI=1S/C18H25O7P/c1-12(26(19,20-4)21-5)14-15(22-11-13-9-7-6-8-10-13)16-17(23-14)25-18(2,3)24-16/h6-10,14-17H,1,11H2,2-5H3/t14-,15+,16-,17-/m1/s1. The van der Waals surface area contributed by atoms with E-state index in [1.807, 2.05) is 44.2 Å². The van der Waals surface area contributed by atoms with E-state index in [0.29, 0.717) is 6.61 Å². The predicted octanol–water partition coefficient (Wildman–Crippen LogP) is 3.45. The molecule has 0 spiro atoms. The third-order valence-corrected chi connectivity index (χ3v) is 6.36. The summed E-state index contributed by atoms with van der Waals surface area (Å²) in [4.78, 5) is 0. The number of hydrogen-bond acceptors (Lipinski definition) is 7. The van der Waals surface area contributed by atoms with E-state index in [-0.39, 0.29) is 5.31 Å². The summed E-state index contributed by atoms with van der Waals surface area (Å²) in [6.45, 7) is 7.85. The Hall–Kier alpha value is -1.05. The summed E-state index contributed by atoms with van der Waals surface area (Å²) in [5.41, 5.74) is 1.00. The molecule has 1 aromatic rings. The zero-order valence-electron chi connectivity index (χ0n) is 15.4. The molecule has 0 saturated carbocycles. The van der Waals surface area contributed by atoms with E-state index in [4.69, 9.17) is 28.0 Å². The summed E-state index contributed by atoms with van der Waals surface area (Å²) in [7, 11) is -0.923. The van der Waals surface area contributed by atoms with Crippen LogP contribution in [0.15, 0.2) is 42.2 Å². The molecule has 4 atom stereocenters. The van der Waals surface area contributed by atoms with Crippen LogP contribution in [-0.2, 0) is 39.2 Å². The minimum atomic E-state index is -3.54. The molecule has 0 aliphatic carbocycles. The number of fused-ring (bicyclic) bond motifs is 1. The highest BCUT2D eigenvalue weighted by Crippen LogP contribution is 2.58. The van der Waals surface area contributed by atoms with E-state index in [1.54, 1.807) is 0 Å². The lowest BCUT2D eigenvalue weighted by atomic mass is 10.1. The van der Waals surface area contributed by atoms with Crippen LogP contribution < -0.4 is 0 Å². The van der Waals surface area contributed by atoms with Crippen LogP contribution in [0.25, 0.3) is 0 Å². The molecule has 26 heavy (non-hydrogen) atoms. The highest BCUT2D eigenvalue weighted by atomic mass is 31.2. The lowest BCUT2D eigenvalue weighted by molar-refractivity contribution is -0.213. The summed E-state index contributed by atoms with van der Waals surface area (Å²) < 4.78 is 46.6.